The molecule has 0 saturated heterocycles. The van der Waals surface area contributed by atoms with E-state index in [0.29, 0.717) is 30.5 Å². The van der Waals surface area contributed by atoms with Gasteiger partial charge in [-0.2, -0.15) is 0 Å². The van der Waals surface area contributed by atoms with Crippen molar-refractivity contribution in [3.8, 4) is 0 Å². The molecule has 1 aromatic carbocycles. The largest absolute Gasteiger partial charge is 0.462 e. The van der Waals surface area contributed by atoms with E-state index >= 15 is 0 Å². The molecule has 0 amide bonds. The molecule has 9 nitrogen and oxygen atoms in total. The molecule has 4 aliphatic carbocycles. The number of hydrogen-bond donors (Lipinski definition) is 5. The fourth-order valence-corrected chi connectivity index (χ4v) is 8.89. The summed E-state index contributed by atoms with van der Waals surface area (Å²) < 4.78 is 11.8. The number of aliphatic hydroxyl groups is 4. The number of benzene rings is 1. The fourth-order valence-electron chi connectivity index (χ4n) is 8.89. The molecule has 220 valence electrons. The van der Waals surface area contributed by atoms with E-state index < -0.39 is 63.8 Å². The third-order valence-electron chi connectivity index (χ3n) is 11.3. The van der Waals surface area contributed by atoms with Crippen molar-refractivity contribution in [2.24, 2.45) is 16.7 Å². The highest BCUT2D eigenvalue weighted by Gasteiger charge is 2.81. The van der Waals surface area contributed by atoms with Crippen LogP contribution in [0.15, 0.2) is 35.9 Å². The summed E-state index contributed by atoms with van der Waals surface area (Å²) in [5.41, 5.74) is -5.46. The van der Waals surface area contributed by atoms with Gasteiger partial charge in [0.1, 0.15) is 29.0 Å². The molecule has 9 heteroatoms. The molecule has 0 heterocycles. The highest BCUT2D eigenvalue weighted by molar-refractivity contribution is 5.95. The summed E-state index contributed by atoms with van der Waals surface area (Å²) in [6, 6.07) is 6.88. The Balaban J connectivity index is 1.56. The van der Waals surface area contributed by atoms with E-state index in [4.69, 9.17) is 9.47 Å². The summed E-state index contributed by atoms with van der Waals surface area (Å²) in [5, 5.41) is 50.9. The van der Waals surface area contributed by atoms with Crippen LogP contribution < -0.4 is 5.32 Å². The average molecular weight is 558 g/mol. The SMILES string of the molecule is CNc1ccccc1C(=O)O[C@@H](C)[C@]1(O)CC[C@@]2(O)[C@]1(C)[C@H](OC(C)=O)C[C@@H]1[C@@]3(C)CC[C@H](O)CC3=CC[C@]12O. The smallest absolute Gasteiger partial charge is 0.340 e. The van der Waals surface area contributed by atoms with E-state index in [2.05, 4.69) is 12.2 Å². The number of rotatable bonds is 5. The van der Waals surface area contributed by atoms with Crippen LogP contribution in [0.1, 0.15) is 83.0 Å². The minimum absolute atomic E-state index is 0.0287. The van der Waals surface area contributed by atoms with Gasteiger partial charge in [-0.1, -0.05) is 37.6 Å². The number of ether oxygens (including phenoxy) is 2. The minimum Gasteiger partial charge on any atom is -0.462 e. The first-order chi connectivity index (χ1) is 18.7. The van der Waals surface area contributed by atoms with Gasteiger partial charge in [0.2, 0.25) is 0 Å². The molecular formula is C31H43NO8. The molecule has 9 atom stereocenters. The Morgan fingerprint density at radius 2 is 1.80 bits per heavy atom. The van der Waals surface area contributed by atoms with Crippen LogP contribution in [-0.2, 0) is 14.3 Å². The maximum Gasteiger partial charge on any atom is 0.340 e. The average Bonchev–Trinajstić information content (AvgIpc) is 3.14. The summed E-state index contributed by atoms with van der Waals surface area (Å²) in [6.07, 6.45) is 1.54. The van der Waals surface area contributed by atoms with Crippen molar-refractivity contribution in [3.05, 3.63) is 41.5 Å². The summed E-state index contributed by atoms with van der Waals surface area (Å²) in [7, 11) is 1.70. The first kappa shape index (κ1) is 29.0. The molecule has 0 radical (unpaired) electrons. The molecule has 0 aromatic heterocycles. The van der Waals surface area contributed by atoms with Crippen LogP contribution in [0.5, 0.6) is 0 Å². The number of nitrogens with one attached hydrogen (secondary N) is 1. The lowest BCUT2D eigenvalue weighted by molar-refractivity contribution is -0.326. The predicted molar refractivity (Wildman–Crippen MR) is 147 cm³/mol. The summed E-state index contributed by atoms with van der Waals surface area (Å²) in [4.78, 5) is 25.7. The second kappa shape index (κ2) is 9.54. The number of aliphatic hydroxyl groups excluding tert-OH is 1. The quantitative estimate of drug-likeness (QED) is 0.272. The third-order valence-corrected chi connectivity index (χ3v) is 11.3. The molecule has 0 aliphatic heterocycles. The van der Waals surface area contributed by atoms with Gasteiger partial charge in [-0.05, 0) is 69.4 Å². The summed E-state index contributed by atoms with van der Waals surface area (Å²) in [5.74, 6) is -1.67. The zero-order valence-electron chi connectivity index (χ0n) is 24.1. The predicted octanol–water partition coefficient (Wildman–Crippen LogP) is 3.10. The van der Waals surface area contributed by atoms with E-state index in [0.717, 1.165) is 5.57 Å². The molecule has 0 unspecified atom stereocenters. The maximum atomic E-state index is 13.3. The van der Waals surface area contributed by atoms with Crippen LogP contribution in [0.2, 0.25) is 0 Å². The monoisotopic (exact) mass is 557 g/mol. The van der Waals surface area contributed by atoms with Crippen LogP contribution in [-0.4, -0.2) is 74.5 Å². The number of fused-ring (bicyclic) bond motifs is 5. The van der Waals surface area contributed by atoms with E-state index in [1.54, 1.807) is 45.2 Å². The molecule has 0 bridgehead atoms. The highest BCUT2D eigenvalue weighted by atomic mass is 16.6. The lowest BCUT2D eigenvalue weighted by Gasteiger charge is -2.67. The van der Waals surface area contributed by atoms with Gasteiger partial charge < -0.3 is 35.2 Å². The Kier molecular flexibility index (Phi) is 6.93. The molecule has 0 spiro atoms. The number of para-hydroxylation sites is 1. The van der Waals surface area contributed by atoms with Gasteiger partial charge >= 0.3 is 11.9 Å². The molecule has 5 N–H and O–H groups in total. The normalized spacial score (nSPS) is 42.9. The number of esters is 2. The zero-order chi connectivity index (χ0) is 29.3. The van der Waals surface area contributed by atoms with Gasteiger partial charge in [0, 0.05) is 25.6 Å². The molecule has 40 heavy (non-hydrogen) atoms. The van der Waals surface area contributed by atoms with Crippen molar-refractivity contribution in [2.45, 2.75) is 108 Å². The molecule has 3 fully saturated rings. The Morgan fingerprint density at radius 3 is 2.48 bits per heavy atom. The Labute approximate surface area is 235 Å². The van der Waals surface area contributed by atoms with Crippen molar-refractivity contribution < 1.29 is 39.5 Å². The van der Waals surface area contributed by atoms with Crippen molar-refractivity contribution in [1.29, 1.82) is 0 Å². The van der Waals surface area contributed by atoms with E-state index in [-0.39, 0.29) is 25.7 Å². The molecule has 4 aliphatic rings. The summed E-state index contributed by atoms with van der Waals surface area (Å²) in [6.45, 7) is 6.59. The van der Waals surface area contributed by atoms with Crippen LogP contribution in [0.25, 0.3) is 0 Å². The molecule has 1 aromatic rings. The Morgan fingerprint density at radius 1 is 1.10 bits per heavy atom. The van der Waals surface area contributed by atoms with Crippen LogP contribution >= 0.6 is 0 Å². The van der Waals surface area contributed by atoms with Gasteiger partial charge in [0.15, 0.2) is 0 Å². The van der Waals surface area contributed by atoms with Crippen molar-refractivity contribution in [2.75, 3.05) is 12.4 Å². The zero-order valence-corrected chi connectivity index (χ0v) is 24.1. The van der Waals surface area contributed by atoms with E-state index in [1.165, 1.54) is 6.92 Å². The van der Waals surface area contributed by atoms with E-state index in [1.807, 2.05) is 6.08 Å². The van der Waals surface area contributed by atoms with Gasteiger partial charge in [-0.3, -0.25) is 4.79 Å². The van der Waals surface area contributed by atoms with Gasteiger partial charge in [0.05, 0.1) is 17.1 Å². The number of carbonyl (C=O) groups is 2. The van der Waals surface area contributed by atoms with Crippen LogP contribution in [0.4, 0.5) is 5.69 Å². The second-order valence-electron chi connectivity index (χ2n) is 12.9. The van der Waals surface area contributed by atoms with Crippen LogP contribution in [0, 0.1) is 16.7 Å². The minimum atomic E-state index is -1.86. The summed E-state index contributed by atoms with van der Waals surface area (Å²) >= 11 is 0. The third kappa shape index (κ3) is 3.74. The molecular weight excluding hydrogens is 514 g/mol. The highest BCUT2D eigenvalue weighted by Crippen LogP contribution is 2.71. The second-order valence-corrected chi connectivity index (χ2v) is 12.9. The van der Waals surface area contributed by atoms with Crippen molar-refractivity contribution >= 4 is 17.6 Å². The first-order valence-corrected chi connectivity index (χ1v) is 14.4. The van der Waals surface area contributed by atoms with Gasteiger partial charge in [-0.15, -0.1) is 0 Å². The standard InChI is InChI=1S/C31H43NO8/c1-18(39-26(35)22-8-6-7-9-23(22)32-5)29(36)14-15-31(38)28(29,4)25(40-19(2)33)17-24-27(3)12-11-21(34)16-20(27)10-13-30(24,31)37/h6-10,18,21,24-25,32,34,36-38H,11-17H2,1-5H3/t18-,21-,24+,25+,27-,28+,29+,30-,31+/m0/s1. The Hall–Kier alpha value is -2.46. The first-order valence-electron chi connectivity index (χ1n) is 14.4. The number of anilines is 1. The maximum absolute atomic E-state index is 13.3. The van der Waals surface area contributed by atoms with Gasteiger partial charge in [-0.25, -0.2) is 4.79 Å². The molecule has 5 rings (SSSR count). The topological polar surface area (TPSA) is 146 Å². The van der Waals surface area contributed by atoms with Crippen molar-refractivity contribution in [3.63, 3.8) is 0 Å². The number of hydrogen-bond acceptors (Lipinski definition) is 9. The van der Waals surface area contributed by atoms with E-state index in [9.17, 15) is 30.0 Å². The van der Waals surface area contributed by atoms with Crippen LogP contribution in [0.3, 0.4) is 0 Å². The Bertz CT molecular complexity index is 1230. The molecule has 3 saturated carbocycles. The lowest BCUT2D eigenvalue weighted by atomic mass is 9.42. The van der Waals surface area contributed by atoms with Gasteiger partial charge in [0.25, 0.3) is 0 Å². The van der Waals surface area contributed by atoms with Crippen molar-refractivity contribution in [1.82, 2.24) is 0 Å². The lowest BCUT2D eigenvalue weighted by Crippen LogP contribution is -2.78. The number of carbonyl (C=O) groups excluding carboxylic acids is 2. The fraction of sp³-hybridized carbons (Fsp3) is 0.677.